The molecule has 0 fully saturated rings. The summed E-state index contributed by atoms with van der Waals surface area (Å²) in [6, 6.07) is 13.1. The Morgan fingerprint density at radius 2 is 1.93 bits per heavy atom. The molecule has 0 saturated carbocycles. The fourth-order valence-electron chi connectivity index (χ4n) is 3.07. The molecule has 6 nitrogen and oxygen atoms in total. The monoisotopic (exact) mass is 373 g/mol. The molecule has 0 bridgehead atoms. The number of nitrogens with zero attached hydrogens (tertiary/aromatic N) is 3. The number of aryl methyl sites for hydroxylation is 2. The highest BCUT2D eigenvalue weighted by Gasteiger charge is 2.10. The average molecular weight is 373 g/mol. The molecular weight excluding hydrogens is 350 g/mol. The van der Waals surface area contributed by atoms with Crippen LogP contribution in [0, 0.1) is 13.8 Å². The minimum Gasteiger partial charge on any atom is -0.384 e. The van der Waals surface area contributed by atoms with Crippen LogP contribution < -0.4 is 11.1 Å². The molecule has 0 aliphatic carbocycles. The lowest BCUT2D eigenvalue weighted by atomic mass is 10.1. The molecule has 0 saturated heterocycles. The summed E-state index contributed by atoms with van der Waals surface area (Å²) in [4.78, 5) is 25.1. The Morgan fingerprint density at radius 3 is 2.61 bits per heavy atom. The number of pyridine rings is 2. The van der Waals surface area contributed by atoms with Gasteiger partial charge in [0, 0.05) is 36.1 Å². The van der Waals surface area contributed by atoms with Crippen molar-refractivity contribution in [2.45, 2.75) is 26.8 Å². The molecule has 28 heavy (non-hydrogen) atoms. The van der Waals surface area contributed by atoms with Crippen LogP contribution in [0.1, 0.15) is 38.4 Å². The van der Waals surface area contributed by atoms with Gasteiger partial charge >= 0.3 is 0 Å². The highest BCUT2D eigenvalue weighted by molar-refractivity contribution is 5.94. The van der Waals surface area contributed by atoms with Crippen molar-refractivity contribution in [3.8, 4) is 0 Å². The molecular formula is C22H23N5O. The van der Waals surface area contributed by atoms with Crippen molar-refractivity contribution < 1.29 is 4.79 Å². The van der Waals surface area contributed by atoms with Crippen LogP contribution >= 0.6 is 0 Å². The first-order valence-electron chi connectivity index (χ1n) is 8.97. The second kappa shape index (κ2) is 8.43. The molecule has 1 aromatic carbocycles. The molecule has 3 N–H and O–H groups in total. The standard InChI is InChI=1S/C22H23N5O/c1-14-10-21(23)27-15(2)20(14)13-26-22(28)17-8-9-25-19(12-17)11-16-4-6-18(24-3)7-5-16/h4-10,12H,3,11,13H2,1-2H3,(H2,23,27)(H,26,28). The maximum absolute atomic E-state index is 12.6. The van der Waals surface area contributed by atoms with Gasteiger partial charge in [0.05, 0.1) is 5.69 Å². The molecule has 0 spiro atoms. The van der Waals surface area contributed by atoms with Crippen LogP contribution in [0.15, 0.2) is 53.7 Å². The van der Waals surface area contributed by atoms with E-state index in [4.69, 9.17) is 5.73 Å². The van der Waals surface area contributed by atoms with Crippen LogP contribution in [-0.2, 0) is 13.0 Å². The molecule has 0 aliphatic rings. The van der Waals surface area contributed by atoms with E-state index in [2.05, 4.69) is 27.0 Å². The van der Waals surface area contributed by atoms with Gasteiger partial charge in [-0.05, 0) is 67.6 Å². The molecule has 0 radical (unpaired) electrons. The summed E-state index contributed by atoms with van der Waals surface area (Å²) in [5, 5.41) is 2.96. The molecule has 0 unspecified atom stereocenters. The number of rotatable bonds is 6. The van der Waals surface area contributed by atoms with Crippen molar-refractivity contribution in [3.05, 3.63) is 82.3 Å². The van der Waals surface area contributed by atoms with E-state index in [1.807, 2.05) is 50.2 Å². The van der Waals surface area contributed by atoms with Crippen molar-refractivity contribution in [3.63, 3.8) is 0 Å². The van der Waals surface area contributed by atoms with E-state index >= 15 is 0 Å². The summed E-state index contributed by atoms with van der Waals surface area (Å²) in [5.41, 5.74) is 11.9. The second-order valence-electron chi connectivity index (χ2n) is 6.65. The normalized spacial score (nSPS) is 10.5. The third kappa shape index (κ3) is 4.59. The third-order valence-corrected chi connectivity index (χ3v) is 4.58. The van der Waals surface area contributed by atoms with Crippen molar-refractivity contribution >= 4 is 24.1 Å². The minimum absolute atomic E-state index is 0.148. The summed E-state index contributed by atoms with van der Waals surface area (Å²) in [7, 11) is 0. The lowest BCUT2D eigenvalue weighted by molar-refractivity contribution is 0.0950. The van der Waals surface area contributed by atoms with Gasteiger partial charge in [-0.3, -0.25) is 14.8 Å². The van der Waals surface area contributed by atoms with Gasteiger partial charge in [-0.1, -0.05) is 12.1 Å². The Bertz CT molecular complexity index is 989. The fourth-order valence-corrected chi connectivity index (χ4v) is 3.07. The number of nitrogen functional groups attached to an aromatic ring is 1. The summed E-state index contributed by atoms with van der Waals surface area (Å²) >= 11 is 0. The van der Waals surface area contributed by atoms with Gasteiger partial charge in [0.15, 0.2) is 0 Å². The molecule has 2 heterocycles. The Kier molecular flexibility index (Phi) is 5.79. The van der Waals surface area contributed by atoms with Gasteiger partial charge in [0.2, 0.25) is 0 Å². The topological polar surface area (TPSA) is 93.3 Å². The van der Waals surface area contributed by atoms with Crippen LogP contribution in [0.4, 0.5) is 11.5 Å². The fraction of sp³-hybridized carbons (Fsp3) is 0.182. The molecule has 0 aliphatic heterocycles. The number of nitrogens with one attached hydrogen (secondary N) is 1. The first kappa shape index (κ1) is 19.2. The van der Waals surface area contributed by atoms with E-state index in [1.165, 1.54) is 0 Å². The molecule has 3 rings (SSSR count). The third-order valence-electron chi connectivity index (χ3n) is 4.58. The van der Waals surface area contributed by atoms with Crippen molar-refractivity contribution in [2.75, 3.05) is 5.73 Å². The number of carbonyl (C=O) groups excluding carboxylic acids is 1. The quantitative estimate of drug-likeness (QED) is 0.647. The van der Waals surface area contributed by atoms with Crippen LogP contribution in [0.2, 0.25) is 0 Å². The van der Waals surface area contributed by atoms with Gasteiger partial charge in [-0.25, -0.2) is 4.98 Å². The van der Waals surface area contributed by atoms with Crippen LogP contribution in [0.5, 0.6) is 0 Å². The zero-order valence-electron chi connectivity index (χ0n) is 16.1. The highest BCUT2D eigenvalue weighted by atomic mass is 16.1. The van der Waals surface area contributed by atoms with Crippen molar-refractivity contribution in [1.82, 2.24) is 15.3 Å². The van der Waals surface area contributed by atoms with Gasteiger partial charge in [0.25, 0.3) is 5.91 Å². The Morgan fingerprint density at radius 1 is 1.18 bits per heavy atom. The molecule has 3 aromatic rings. The number of aliphatic imine (C=N–C) groups is 1. The summed E-state index contributed by atoms with van der Waals surface area (Å²) in [6.07, 6.45) is 2.30. The van der Waals surface area contributed by atoms with Gasteiger partial charge in [-0.15, -0.1) is 0 Å². The number of hydrogen-bond acceptors (Lipinski definition) is 5. The highest BCUT2D eigenvalue weighted by Crippen LogP contribution is 2.16. The Labute approximate surface area is 164 Å². The number of anilines is 1. The number of hydrogen-bond donors (Lipinski definition) is 2. The van der Waals surface area contributed by atoms with Gasteiger partial charge in [0.1, 0.15) is 5.82 Å². The number of nitrogens with two attached hydrogens (primary N) is 1. The van der Waals surface area contributed by atoms with E-state index in [0.717, 1.165) is 33.8 Å². The van der Waals surface area contributed by atoms with Gasteiger partial charge in [-0.2, -0.15) is 0 Å². The van der Waals surface area contributed by atoms with Crippen LogP contribution in [0.25, 0.3) is 0 Å². The zero-order valence-corrected chi connectivity index (χ0v) is 16.1. The lowest BCUT2D eigenvalue weighted by Crippen LogP contribution is -2.24. The SMILES string of the molecule is C=Nc1ccc(Cc2cc(C(=O)NCc3c(C)cc(N)nc3C)ccn2)cc1. The summed E-state index contributed by atoms with van der Waals surface area (Å²) in [5.74, 6) is 0.339. The van der Waals surface area contributed by atoms with E-state index in [9.17, 15) is 4.79 Å². The number of aromatic nitrogens is 2. The van der Waals surface area contributed by atoms with E-state index in [1.54, 1.807) is 12.3 Å². The number of carbonyl (C=O) groups is 1. The van der Waals surface area contributed by atoms with Crippen LogP contribution in [0.3, 0.4) is 0 Å². The average Bonchev–Trinajstić information content (AvgIpc) is 2.68. The van der Waals surface area contributed by atoms with Crippen molar-refractivity contribution in [1.29, 1.82) is 0 Å². The maximum atomic E-state index is 12.6. The first-order chi connectivity index (χ1) is 13.5. The second-order valence-corrected chi connectivity index (χ2v) is 6.65. The smallest absolute Gasteiger partial charge is 0.251 e. The minimum atomic E-state index is -0.148. The number of benzene rings is 1. The first-order valence-corrected chi connectivity index (χ1v) is 8.97. The molecule has 142 valence electrons. The molecule has 1 amide bonds. The number of amides is 1. The summed E-state index contributed by atoms with van der Waals surface area (Å²) in [6.45, 7) is 7.77. The van der Waals surface area contributed by atoms with E-state index in [-0.39, 0.29) is 5.91 Å². The van der Waals surface area contributed by atoms with E-state index in [0.29, 0.717) is 24.3 Å². The Balaban J connectivity index is 1.69. The van der Waals surface area contributed by atoms with Crippen LogP contribution in [-0.4, -0.2) is 22.6 Å². The van der Waals surface area contributed by atoms with E-state index < -0.39 is 0 Å². The maximum Gasteiger partial charge on any atom is 0.251 e. The molecule has 6 heteroatoms. The largest absolute Gasteiger partial charge is 0.384 e. The van der Waals surface area contributed by atoms with Crippen molar-refractivity contribution in [2.24, 2.45) is 4.99 Å². The van der Waals surface area contributed by atoms with Gasteiger partial charge < -0.3 is 11.1 Å². The lowest BCUT2D eigenvalue weighted by Gasteiger charge is -2.12. The summed E-state index contributed by atoms with van der Waals surface area (Å²) < 4.78 is 0. The predicted molar refractivity (Wildman–Crippen MR) is 112 cm³/mol. The molecule has 0 atom stereocenters. The zero-order chi connectivity index (χ0) is 20.1. The Hall–Kier alpha value is -3.54. The predicted octanol–water partition coefficient (Wildman–Crippen LogP) is 3.53. The molecule has 2 aromatic heterocycles.